The molecule has 4 aromatic rings. The molecular formula is C19H15FN2O2. The number of phenolic OH excluding ortho intramolecular Hbond substituents is 1. The van der Waals surface area contributed by atoms with Crippen molar-refractivity contribution in [1.82, 2.24) is 10.3 Å². The second kappa shape index (κ2) is 5.53. The minimum atomic E-state index is -0.643. The molecule has 24 heavy (non-hydrogen) atoms. The largest absolute Gasteiger partial charge is 0.507 e. The van der Waals surface area contributed by atoms with Crippen LogP contribution in [0, 0.1) is 0 Å². The van der Waals surface area contributed by atoms with Gasteiger partial charge in [-0.3, -0.25) is 4.79 Å². The number of aromatic nitrogens is 1. The van der Waals surface area contributed by atoms with E-state index in [0.29, 0.717) is 0 Å². The number of rotatable bonds is 3. The number of amides is 1. The zero-order chi connectivity index (χ0) is 16.7. The second-order valence-electron chi connectivity index (χ2n) is 5.69. The number of aromatic hydroxyl groups is 1. The van der Waals surface area contributed by atoms with Gasteiger partial charge in [0, 0.05) is 28.2 Å². The van der Waals surface area contributed by atoms with Gasteiger partial charge in [0.25, 0.3) is 5.91 Å². The summed E-state index contributed by atoms with van der Waals surface area (Å²) in [5.74, 6) is -0.603. The third-order valence-electron chi connectivity index (χ3n) is 4.24. The highest BCUT2D eigenvalue weighted by Gasteiger charge is 2.14. The Bertz CT molecular complexity index is 1090. The minimum absolute atomic E-state index is 0.0721. The van der Waals surface area contributed by atoms with E-state index in [9.17, 15) is 14.3 Å². The normalized spacial score (nSPS) is 11.4. The number of phenols is 1. The highest BCUT2D eigenvalue weighted by Crippen LogP contribution is 2.34. The predicted molar refractivity (Wildman–Crippen MR) is 93.3 cm³/mol. The zero-order valence-corrected chi connectivity index (χ0v) is 12.8. The summed E-state index contributed by atoms with van der Waals surface area (Å²) in [7, 11) is 0. The fraction of sp³-hybridized carbons (Fsp3) is 0.105. The van der Waals surface area contributed by atoms with Crippen LogP contribution in [0.5, 0.6) is 5.75 Å². The first kappa shape index (κ1) is 14.5. The Balaban J connectivity index is 1.94. The summed E-state index contributed by atoms with van der Waals surface area (Å²) < 4.78 is 12.2. The van der Waals surface area contributed by atoms with Crippen LogP contribution in [0.15, 0.2) is 48.5 Å². The maximum absolute atomic E-state index is 12.2. The molecule has 3 aromatic carbocycles. The number of fused-ring (bicyclic) bond motifs is 5. The lowest BCUT2D eigenvalue weighted by Crippen LogP contribution is -2.25. The fourth-order valence-electron chi connectivity index (χ4n) is 3.12. The molecule has 0 saturated carbocycles. The Hall–Kier alpha value is -3.08. The molecular weight excluding hydrogens is 307 g/mol. The van der Waals surface area contributed by atoms with Crippen LogP contribution in [0.2, 0.25) is 0 Å². The number of H-pyrrole nitrogens is 1. The molecule has 0 atom stereocenters. The van der Waals surface area contributed by atoms with Gasteiger partial charge in [0.1, 0.15) is 12.4 Å². The van der Waals surface area contributed by atoms with Gasteiger partial charge in [0.05, 0.1) is 11.1 Å². The first-order valence-electron chi connectivity index (χ1n) is 7.69. The first-order valence-corrected chi connectivity index (χ1v) is 7.69. The Kier molecular flexibility index (Phi) is 3.34. The molecule has 3 N–H and O–H groups in total. The van der Waals surface area contributed by atoms with Gasteiger partial charge in [-0.25, -0.2) is 4.39 Å². The average molecular weight is 322 g/mol. The van der Waals surface area contributed by atoms with E-state index in [1.807, 2.05) is 36.4 Å². The van der Waals surface area contributed by atoms with Crippen LogP contribution in [0.1, 0.15) is 10.4 Å². The Morgan fingerprint density at radius 1 is 1.08 bits per heavy atom. The Morgan fingerprint density at radius 3 is 2.75 bits per heavy atom. The van der Waals surface area contributed by atoms with E-state index in [0.717, 1.165) is 32.6 Å². The van der Waals surface area contributed by atoms with Crippen LogP contribution in [0.3, 0.4) is 0 Å². The lowest BCUT2D eigenvalue weighted by molar-refractivity contribution is 0.0948. The molecule has 0 spiro atoms. The third-order valence-corrected chi connectivity index (χ3v) is 4.24. The Labute approximate surface area is 136 Å². The summed E-state index contributed by atoms with van der Waals surface area (Å²) in [4.78, 5) is 15.4. The molecule has 120 valence electrons. The van der Waals surface area contributed by atoms with E-state index in [2.05, 4.69) is 10.3 Å². The van der Waals surface area contributed by atoms with Gasteiger partial charge in [-0.2, -0.15) is 0 Å². The molecule has 0 saturated heterocycles. The SMILES string of the molecule is O=C(NCCF)c1cc2ccc3c4ccccc4[nH]c3c2cc1O. The summed E-state index contributed by atoms with van der Waals surface area (Å²) in [6.45, 7) is -0.715. The number of alkyl halides is 1. The highest BCUT2D eigenvalue weighted by atomic mass is 19.1. The van der Waals surface area contributed by atoms with Crippen LogP contribution in [-0.4, -0.2) is 29.2 Å². The minimum Gasteiger partial charge on any atom is -0.507 e. The molecule has 0 aliphatic rings. The van der Waals surface area contributed by atoms with Crippen LogP contribution in [0.4, 0.5) is 4.39 Å². The van der Waals surface area contributed by atoms with E-state index in [-0.39, 0.29) is 17.9 Å². The average Bonchev–Trinajstić information content (AvgIpc) is 2.98. The standard InChI is InChI=1S/C19H15FN2O2/c20-7-8-21-19(24)15-9-11-5-6-13-12-3-1-2-4-16(12)22-18(13)14(11)10-17(15)23/h1-6,9-10,22-23H,7-8H2,(H,21,24). The Morgan fingerprint density at radius 2 is 1.92 bits per heavy atom. The monoisotopic (exact) mass is 322 g/mol. The number of hydrogen-bond acceptors (Lipinski definition) is 2. The molecule has 0 radical (unpaired) electrons. The summed E-state index contributed by atoms with van der Waals surface area (Å²) in [5, 5.41) is 16.5. The number of para-hydroxylation sites is 1. The maximum Gasteiger partial charge on any atom is 0.255 e. The number of aromatic amines is 1. The molecule has 1 heterocycles. The molecule has 4 nitrogen and oxygen atoms in total. The van der Waals surface area contributed by atoms with Gasteiger partial charge >= 0.3 is 0 Å². The summed E-state index contributed by atoms with van der Waals surface area (Å²) in [6, 6.07) is 15.1. The van der Waals surface area contributed by atoms with Crippen molar-refractivity contribution in [2.45, 2.75) is 0 Å². The number of carbonyl (C=O) groups is 1. The first-order chi connectivity index (χ1) is 11.7. The molecule has 0 aliphatic carbocycles. The molecule has 1 aromatic heterocycles. The number of nitrogens with one attached hydrogen (secondary N) is 2. The third kappa shape index (κ3) is 2.17. The summed E-state index contributed by atoms with van der Waals surface area (Å²) in [6.07, 6.45) is 0. The van der Waals surface area contributed by atoms with Gasteiger partial charge < -0.3 is 15.4 Å². The predicted octanol–water partition coefficient (Wildman–Crippen LogP) is 3.88. The molecule has 0 bridgehead atoms. The van der Waals surface area contributed by atoms with Crippen LogP contribution >= 0.6 is 0 Å². The van der Waals surface area contributed by atoms with Crippen LogP contribution in [0.25, 0.3) is 32.6 Å². The van der Waals surface area contributed by atoms with Crippen molar-refractivity contribution < 1.29 is 14.3 Å². The van der Waals surface area contributed by atoms with Crippen molar-refractivity contribution in [1.29, 1.82) is 0 Å². The van der Waals surface area contributed by atoms with Gasteiger partial charge in [0.15, 0.2) is 0 Å². The maximum atomic E-state index is 12.2. The number of halogens is 1. The van der Waals surface area contributed by atoms with Gasteiger partial charge in [-0.1, -0.05) is 30.3 Å². The molecule has 0 unspecified atom stereocenters. The van der Waals surface area contributed by atoms with Gasteiger partial charge in [-0.15, -0.1) is 0 Å². The number of hydrogen-bond donors (Lipinski definition) is 3. The van der Waals surface area contributed by atoms with E-state index >= 15 is 0 Å². The van der Waals surface area contributed by atoms with Crippen molar-refractivity contribution in [2.75, 3.05) is 13.2 Å². The van der Waals surface area contributed by atoms with E-state index in [1.165, 1.54) is 0 Å². The zero-order valence-electron chi connectivity index (χ0n) is 12.8. The fourth-order valence-corrected chi connectivity index (χ4v) is 3.12. The second-order valence-corrected chi connectivity index (χ2v) is 5.69. The van der Waals surface area contributed by atoms with Crippen molar-refractivity contribution in [3.05, 3.63) is 54.1 Å². The topological polar surface area (TPSA) is 65.1 Å². The van der Waals surface area contributed by atoms with Gasteiger partial charge in [-0.05, 0) is 23.6 Å². The lowest BCUT2D eigenvalue weighted by atomic mass is 10.0. The van der Waals surface area contributed by atoms with Crippen LogP contribution in [-0.2, 0) is 0 Å². The van der Waals surface area contributed by atoms with E-state index in [1.54, 1.807) is 12.1 Å². The molecule has 1 amide bonds. The van der Waals surface area contributed by atoms with E-state index < -0.39 is 12.6 Å². The highest BCUT2D eigenvalue weighted by molar-refractivity contribution is 6.18. The number of benzene rings is 3. The molecule has 0 aliphatic heterocycles. The van der Waals surface area contributed by atoms with E-state index in [4.69, 9.17) is 0 Å². The lowest BCUT2D eigenvalue weighted by Gasteiger charge is -2.08. The van der Waals surface area contributed by atoms with Crippen molar-refractivity contribution >= 4 is 38.5 Å². The molecule has 0 fully saturated rings. The summed E-state index contributed by atoms with van der Waals surface area (Å²) >= 11 is 0. The quantitative estimate of drug-likeness (QED) is 0.536. The molecule has 5 heteroatoms. The van der Waals surface area contributed by atoms with Crippen molar-refractivity contribution in [3.8, 4) is 5.75 Å². The smallest absolute Gasteiger partial charge is 0.255 e. The van der Waals surface area contributed by atoms with Crippen molar-refractivity contribution in [2.24, 2.45) is 0 Å². The van der Waals surface area contributed by atoms with Crippen LogP contribution < -0.4 is 5.32 Å². The summed E-state index contributed by atoms with van der Waals surface area (Å²) in [5.41, 5.74) is 2.08. The van der Waals surface area contributed by atoms with Gasteiger partial charge in [0.2, 0.25) is 0 Å². The molecule has 4 rings (SSSR count). The number of carbonyl (C=O) groups excluding carboxylic acids is 1. The van der Waals surface area contributed by atoms with Crippen molar-refractivity contribution in [3.63, 3.8) is 0 Å².